The Morgan fingerprint density at radius 2 is 1.88 bits per heavy atom. The van der Waals surface area contributed by atoms with E-state index in [9.17, 15) is 19.2 Å². The molecule has 1 spiro atoms. The van der Waals surface area contributed by atoms with Gasteiger partial charge in [0.05, 0.1) is 0 Å². The minimum absolute atomic E-state index is 0.212. The number of ether oxygens (including phenoxy) is 1. The summed E-state index contributed by atoms with van der Waals surface area (Å²) < 4.78 is 4.75. The summed E-state index contributed by atoms with van der Waals surface area (Å²) in [7, 11) is 0. The van der Waals surface area contributed by atoms with Crippen LogP contribution in [0.1, 0.15) is 59.8 Å². The van der Waals surface area contributed by atoms with Crippen molar-refractivity contribution in [1.82, 2.24) is 10.2 Å². The molecule has 0 aromatic rings. The number of carbonyl (C=O) groups excluding carboxylic acids is 4. The van der Waals surface area contributed by atoms with Gasteiger partial charge in [0, 0.05) is 0 Å². The first-order valence-corrected chi connectivity index (χ1v) is 8.90. The van der Waals surface area contributed by atoms with E-state index in [1.807, 2.05) is 0 Å². The van der Waals surface area contributed by atoms with E-state index in [0.717, 1.165) is 24.2 Å². The highest BCUT2D eigenvalue weighted by atomic mass is 16.5. The first-order chi connectivity index (χ1) is 11.6. The van der Waals surface area contributed by atoms with Crippen LogP contribution in [0.4, 0.5) is 4.79 Å². The molecule has 0 aromatic carbocycles. The molecule has 3 amide bonds. The number of hydrogen-bond donors (Lipinski definition) is 1. The lowest BCUT2D eigenvalue weighted by Crippen LogP contribution is -2.51. The maximum atomic E-state index is 12.8. The van der Waals surface area contributed by atoms with Crippen LogP contribution in [0.2, 0.25) is 0 Å². The molecule has 7 nitrogen and oxygen atoms in total. The quantitative estimate of drug-likeness (QED) is 0.583. The molecular formula is C18H28N2O5. The van der Waals surface area contributed by atoms with Crippen LogP contribution < -0.4 is 5.32 Å². The van der Waals surface area contributed by atoms with Gasteiger partial charge in [-0.2, -0.15) is 0 Å². The van der Waals surface area contributed by atoms with E-state index in [2.05, 4.69) is 26.1 Å². The molecule has 2 aliphatic rings. The van der Waals surface area contributed by atoms with Crippen LogP contribution in [0, 0.1) is 11.3 Å². The van der Waals surface area contributed by atoms with Crippen molar-refractivity contribution in [3.63, 3.8) is 0 Å². The molecule has 1 aliphatic heterocycles. The predicted molar refractivity (Wildman–Crippen MR) is 90.6 cm³/mol. The highest BCUT2D eigenvalue weighted by molar-refractivity contribution is 6.08. The second kappa shape index (κ2) is 7.14. The minimum Gasteiger partial charge on any atom is -0.456 e. The van der Waals surface area contributed by atoms with Crippen LogP contribution >= 0.6 is 0 Å². The fourth-order valence-corrected chi connectivity index (χ4v) is 3.70. The molecule has 140 valence electrons. The molecule has 2 fully saturated rings. The molecule has 0 unspecified atom stereocenters. The molecule has 1 heterocycles. The van der Waals surface area contributed by atoms with E-state index in [1.165, 1.54) is 6.92 Å². The minimum atomic E-state index is -0.891. The fraction of sp³-hybridized carbons (Fsp3) is 0.778. The first kappa shape index (κ1) is 19.4. The summed E-state index contributed by atoms with van der Waals surface area (Å²) in [6.07, 6.45) is 3.99. The number of nitrogens with zero attached hydrogens (tertiary/aromatic N) is 1. The average molecular weight is 352 g/mol. The van der Waals surface area contributed by atoms with E-state index in [-0.39, 0.29) is 23.7 Å². The summed E-state index contributed by atoms with van der Waals surface area (Å²) >= 11 is 0. The Morgan fingerprint density at radius 1 is 1.28 bits per heavy atom. The van der Waals surface area contributed by atoms with E-state index in [4.69, 9.17) is 4.74 Å². The zero-order valence-electron chi connectivity index (χ0n) is 15.5. The van der Waals surface area contributed by atoms with Crippen LogP contribution in [-0.2, 0) is 19.1 Å². The predicted octanol–water partition coefficient (Wildman–Crippen LogP) is 2.04. The Hall–Kier alpha value is -1.92. The fourth-order valence-electron chi connectivity index (χ4n) is 3.70. The third-order valence-corrected chi connectivity index (χ3v) is 5.83. The Bertz CT molecular complexity index is 576. The smallest absolute Gasteiger partial charge is 0.326 e. The van der Waals surface area contributed by atoms with Gasteiger partial charge in [-0.1, -0.05) is 27.2 Å². The number of esters is 1. The van der Waals surface area contributed by atoms with Crippen LogP contribution in [0.25, 0.3) is 0 Å². The van der Waals surface area contributed by atoms with Crippen molar-refractivity contribution in [2.45, 2.75) is 65.3 Å². The monoisotopic (exact) mass is 352 g/mol. The molecule has 0 bridgehead atoms. The van der Waals surface area contributed by atoms with Gasteiger partial charge in [-0.15, -0.1) is 0 Å². The highest BCUT2D eigenvalue weighted by Crippen LogP contribution is 2.45. The normalized spacial score (nSPS) is 26.7. The van der Waals surface area contributed by atoms with Gasteiger partial charge in [-0.3, -0.25) is 19.3 Å². The van der Waals surface area contributed by atoms with E-state index in [1.54, 1.807) is 0 Å². The van der Waals surface area contributed by atoms with Crippen LogP contribution in [0.15, 0.2) is 0 Å². The van der Waals surface area contributed by atoms with Gasteiger partial charge in [0.2, 0.25) is 0 Å². The molecule has 1 saturated heterocycles. The molecular weight excluding hydrogens is 324 g/mol. The number of imide groups is 1. The van der Waals surface area contributed by atoms with Crippen LogP contribution in [0.3, 0.4) is 0 Å². The Morgan fingerprint density at radius 3 is 2.40 bits per heavy atom. The molecule has 0 atom stereocenters. The third kappa shape index (κ3) is 4.02. The topological polar surface area (TPSA) is 92.8 Å². The molecule has 2 rings (SSSR count). The zero-order valence-corrected chi connectivity index (χ0v) is 15.5. The van der Waals surface area contributed by atoms with Gasteiger partial charge in [0.1, 0.15) is 18.7 Å². The summed E-state index contributed by atoms with van der Waals surface area (Å²) in [5, 5.41) is 2.79. The van der Waals surface area contributed by atoms with E-state index < -0.39 is 24.1 Å². The van der Waals surface area contributed by atoms with Crippen molar-refractivity contribution in [3.05, 3.63) is 0 Å². The first-order valence-electron chi connectivity index (χ1n) is 8.90. The average Bonchev–Trinajstić information content (AvgIpc) is 2.77. The van der Waals surface area contributed by atoms with Crippen LogP contribution in [0.5, 0.6) is 0 Å². The summed E-state index contributed by atoms with van der Waals surface area (Å²) in [5.74, 6) is -0.886. The Kier molecular flexibility index (Phi) is 5.54. The number of nitrogens with one attached hydrogen (secondary N) is 1. The van der Waals surface area contributed by atoms with Crippen molar-refractivity contribution in [2.75, 3.05) is 13.2 Å². The number of Topliss-reactive ketones (excluding diaryl/α,β-unsaturated/α-hetero) is 1. The second-order valence-electron chi connectivity index (χ2n) is 7.88. The van der Waals surface area contributed by atoms with Crippen molar-refractivity contribution >= 4 is 23.7 Å². The Balaban J connectivity index is 1.99. The summed E-state index contributed by atoms with van der Waals surface area (Å²) in [6.45, 7) is 7.14. The maximum absolute atomic E-state index is 12.8. The number of hydrogen-bond acceptors (Lipinski definition) is 5. The number of ketones is 1. The van der Waals surface area contributed by atoms with Gasteiger partial charge in [0.15, 0.2) is 5.78 Å². The Labute approximate surface area is 148 Å². The standard InChI is InChI=1S/C18H28N2O5/c1-5-17(3,4)13-6-8-18(9-7-13)15(23)20(16(24)19-18)10-14(22)25-11-12(2)21/h13H,5-11H2,1-4H3,(H,19,24). The van der Waals surface area contributed by atoms with Crippen LogP contribution in [-0.4, -0.2) is 47.3 Å². The van der Waals surface area contributed by atoms with E-state index >= 15 is 0 Å². The van der Waals surface area contributed by atoms with E-state index in [0.29, 0.717) is 18.8 Å². The molecule has 7 heteroatoms. The SMILES string of the molecule is CCC(C)(C)C1CCC2(CC1)NC(=O)N(CC(=O)OCC(C)=O)C2=O. The van der Waals surface area contributed by atoms with Crippen molar-refractivity contribution in [2.24, 2.45) is 11.3 Å². The van der Waals surface area contributed by atoms with Crippen molar-refractivity contribution < 1.29 is 23.9 Å². The molecule has 25 heavy (non-hydrogen) atoms. The number of carbonyl (C=O) groups is 4. The largest absolute Gasteiger partial charge is 0.456 e. The zero-order chi connectivity index (χ0) is 18.8. The van der Waals surface area contributed by atoms with Gasteiger partial charge in [-0.05, 0) is 43.9 Å². The number of rotatable bonds is 6. The van der Waals surface area contributed by atoms with Crippen molar-refractivity contribution in [3.8, 4) is 0 Å². The number of amides is 3. The lowest BCUT2D eigenvalue weighted by atomic mass is 9.65. The van der Waals surface area contributed by atoms with Gasteiger partial charge in [-0.25, -0.2) is 4.79 Å². The molecule has 1 N–H and O–H groups in total. The lowest BCUT2D eigenvalue weighted by Gasteiger charge is -2.42. The lowest BCUT2D eigenvalue weighted by molar-refractivity contribution is -0.150. The van der Waals surface area contributed by atoms with Gasteiger partial charge < -0.3 is 10.1 Å². The molecule has 1 aliphatic carbocycles. The highest BCUT2D eigenvalue weighted by Gasteiger charge is 2.53. The molecule has 1 saturated carbocycles. The van der Waals surface area contributed by atoms with Gasteiger partial charge >= 0.3 is 12.0 Å². The maximum Gasteiger partial charge on any atom is 0.326 e. The molecule has 0 aromatic heterocycles. The summed E-state index contributed by atoms with van der Waals surface area (Å²) in [4.78, 5) is 48.5. The number of urea groups is 1. The van der Waals surface area contributed by atoms with Gasteiger partial charge in [0.25, 0.3) is 5.91 Å². The van der Waals surface area contributed by atoms with Crippen molar-refractivity contribution in [1.29, 1.82) is 0 Å². The second-order valence-corrected chi connectivity index (χ2v) is 7.88. The third-order valence-electron chi connectivity index (χ3n) is 5.83. The summed E-state index contributed by atoms with van der Waals surface area (Å²) in [6, 6.07) is -0.557. The molecule has 0 radical (unpaired) electrons. The summed E-state index contributed by atoms with van der Waals surface area (Å²) in [5.41, 5.74) is -0.679.